The van der Waals surface area contributed by atoms with Crippen molar-refractivity contribution in [1.29, 1.82) is 0 Å². The van der Waals surface area contributed by atoms with Crippen LogP contribution in [0.5, 0.6) is 11.8 Å². The molecule has 1 unspecified atom stereocenters. The molecule has 0 aliphatic carbocycles. The van der Waals surface area contributed by atoms with E-state index in [1.165, 1.54) is 17.2 Å². The molecule has 1 aliphatic rings. The quantitative estimate of drug-likeness (QED) is 0.736. The zero-order chi connectivity index (χ0) is 17.2. The molecule has 126 valence electrons. The molecule has 0 N–H and O–H groups in total. The van der Waals surface area contributed by atoms with Crippen LogP contribution in [0.1, 0.15) is 5.56 Å². The molecule has 2 heterocycles. The van der Waals surface area contributed by atoms with Gasteiger partial charge in [0, 0.05) is 12.3 Å². The summed E-state index contributed by atoms with van der Waals surface area (Å²) in [7, 11) is 0. The van der Waals surface area contributed by atoms with E-state index in [1.54, 1.807) is 6.20 Å². The third-order valence-electron chi connectivity index (χ3n) is 4.25. The van der Waals surface area contributed by atoms with Crippen molar-refractivity contribution in [3.05, 3.63) is 76.7 Å². The van der Waals surface area contributed by atoms with E-state index in [1.807, 2.05) is 34.9 Å². The average Bonchev–Trinajstić information content (AvgIpc) is 3.02. The summed E-state index contributed by atoms with van der Waals surface area (Å²) < 4.78 is 13.4. The summed E-state index contributed by atoms with van der Waals surface area (Å²) in [4.78, 5) is 15.1. The number of rotatable bonds is 4. The summed E-state index contributed by atoms with van der Waals surface area (Å²) in [5, 5.41) is 0. The number of aromatic nitrogens is 2. The van der Waals surface area contributed by atoms with Gasteiger partial charge in [0.2, 0.25) is 0 Å². The summed E-state index contributed by atoms with van der Waals surface area (Å²) in [5.41, 5.74) is 3.25. The van der Waals surface area contributed by atoms with E-state index < -0.39 is 0 Å². The molecule has 1 aromatic heterocycles. The lowest BCUT2D eigenvalue weighted by Crippen LogP contribution is -2.23. The van der Waals surface area contributed by atoms with Crippen molar-refractivity contribution >= 4 is 0 Å². The number of hydrogen-bond acceptors (Lipinski definition) is 4. The largest absolute Gasteiger partial charge is 0.490 e. The van der Waals surface area contributed by atoms with Gasteiger partial charge in [-0.25, -0.2) is 0 Å². The van der Waals surface area contributed by atoms with Gasteiger partial charge in [0.05, 0.1) is 6.54 Å². The Balaban J connectivity index is 1.45. The van der Waals surface area contributed by atoms with Crippen molar-refractivity contribution in [2.24, 2.45) is 0 Å². The first kappa shape index (κ1) is 15.4. The maximum absolute atomic E-state index is 11.3. The smallest absolute Gasteiger partial charge is 0.300 e. The molecule has 0 spiro atoms. The van der Waals surface area contributed by atoms with Crippen molar-refractivity contribution < 1.29 is 9.47 Å². The van der Waals surface area contributed by atoms with Crippen LogP contribution in [-0.4, -0.2) is 22.3 Å². The summed E-state index contributed by atoms with van der Waals surface area (Å²) in [6.07, 6.45) is 1.54. The van der Waals surface area contributed by atoms with Gasteiger partial charge in [-0.2, -0.15) is 4.98 Å². The molecule has 0 fully saturated rings. The molecule has 3 aromatic rings. The van der Waals surface area contributed by atoms with Gasteiger partial charge in [-0.1, -0.05) is 36.4 Å². The molecule has 0 saturated carbocycles. The first-order valence-corrected chi connectivity index (χ1v) is 8.22. The Morgan fingerprint density at radius 3 is 2.96 bits per heavy atom. The molecule has 1 atom stereocenters. The Morgan fingerprint density at radius 1 is 1.20 bits per heavy atom. The number of ether oxygens (including phenoxy) is 2. The van der Waals surface area contributed by atoms with Gasteiger partial charge in [-0.05, 0) is 35.7 Å². The molecule has 1 aliphatic heterocycles. The minimum Gasteiger partial charge on any atom is -0.490 e. The van der Waals surface area contributed by atoms with Gasteiger partial charge in [0.15, 0.2) is 6.10 Å². The number of hydrogen-bond donors (Lipinski definition) is 0. The standard InChI is InChI=1S/C20H18N2O3/c1-14-5-2-3-8-18(14)15-6-4-7-16(11-15)24-13-17-12-22-10-9-19(23)21-20(22)25-17/h2-11,17H,12-13H2,1H3. The Bertz CT molecular complexity index is 965. The van der Waals surface area contributed by atoms with Gasteiger partial charge in [-0.15, -0.1) is 0 Å². The van der Waals surface area contributed by atoms with Crippen LogP contribution in [-0.2, 0) is 6.54 Å². The molecular weight excluding hydrogens is 316 g/mol. The fraction of sp³-hybridized carbons (Fsp3) is 0.200. The summed E-state index contributed by atoms with van der Waals surface area (Å²) in [6.45, 7) is 3.12. The second-order valence-electron chi connectivity index (χ2n) is 6.09. The van der Waals surface area contributed by atoms with Crippen LogP contribution in [0.15, 0.2) is 65.6 Å². The molecule has 25 heavy (non-hydrogen) atoms. The molecule has 5 heteroatoms. The third-order valence-corrected chi connectivity index (χ3v) is 4.25. The minimum atomic E-state index is -0.293. The molecular formula is C20H18N2O3. The molecule has 5 nitrogen and oxygen atoms in total. The van der Waals surface area contributed by atoms with Crippen molar-refractivity contribution in [1.82, 2.24) is 9.55 Å². The van der Waals surface area contributed by atoms with E-state index in [2.05, 4.69) is 30.1 Å². The third kappa shape index (κ3) is 3.26. The maximum atomic E-state index is 11.3. The SMILES string of the molecule is Cc1ccccc1-c1cccc(OCC2Cn3ccc(=O)nc3O2)c1. The van der Waals surface area contributed by atoms with Crippen LogP contribution in [0.4, 0.5) is 0 Å². The van der Waals surface area contributed by atoms with Crippen molar-refractivity contribution in [2.75, 3.05) is 6.61 Å². The van der Waals surface area contributed by atoms with Crippen LogP contribution in [0.25, 0.3) is 11.1 Å². The van der Waals surface area contributed by atoms with Crippen molar-refractivity contribution in [3.63, 3.8) is 0 Å². The summed E-state index contributed by atoms with van der Waals surface area (Å²) in [5.74, 6) is 0.794. The van der Waals surface area contributed by atoms with Gasteiger partial charge >= 0.3 is 0 Å². The Kier molecular flexibility index (Phi) is 3.98. The van der Waals surface area contributed by atoms with Crippen molar-refractivity contribution in [3.8, 4) is 22.9 Å². The second-order valence-corrected chi connectivity index (χ2v) is 6.09. The second kappa shape index (κ2) is 6.43. The van der Waals surface area contributed by atoms with Crippen LogP contribution in [0.3, 0.4) is 0 Å². The lowest BCUT2D eigenvalue weighted by molar-refractivity contribution is 0.143. The predicted octanol–water partition coefficient (Wildman–Crippen LogP) is 3.06. The Labute approximate surface area is 145 Å². The van der Waals surface area contributed by atoms with E-state index in [-0.39, 0.29) is 11.7 Å². The highest BCUT2D eigenvalue weighted by atomic mass is 16.6. The average molecular weight is 334 g/mol. The highest BCUT2D eigenvalue weighted by Crippen LogP contribution is 2.27. The normalized spacial score (nSPS) is 15.5. The number of fused-ring (bicyclic) bond motifs is 1. The van der Waals surface area contributed by atoms with Gasteiger partial charge in [0.1, 0.15) is 12.4 Å². The molecule has 0 radical (unpaired) electrons. The lowest BCUT2D eigenvalue weighted by Gasteiger charge is -2.12. The topological polar surface area (TPSA) is 53.4 Å². The zero-order valence-electron chi connectivity index (χ0n) is 13.9. The van der Waals surface area contributed by atoms with Crippen molar-refractivity contribution in [2.45, 2.75) is 19.6 Å². The molecule has 2 aromatic carbocycles. The first-order valence-electron chi connectivity index (χ1n) is 8.22. The van der Waals surface area contributed by atoms with Crippen LogP contribution in [0.2, 0.25) is 0 Å². The summed E-state index contributed by atoms with van der Waals surface area (Å²) >= 11 is 0. The fourth-order valence-corrected chi connectivity index (χ4v) is 2.98. The van der Waals surface area contributed by atoms with Gasteiger partial charge in [0.25, 0.3) is 11.6 Å². The zero-order valence-corrected chi connectivity index (χ0v) is 13.9. The summed E-state index contributed by atoms with van der Waals surface area (Å²) in [6, 6.07) is 18.1. The maximum Gasteiger partial charge on any atom is 0.300 e. The van der Waals surface area contributed by atoms with Crippen LogP contribution >= 0.6 is 0 Å². The Morgan fingerprint density at radius 2 is 2.08 bits per heavy atom. The van der Waals surface area contributed by atoms with Gasteiger partial charge in [-0.3, -0.25) is 9.36 Å². The van der Waals surface area contributed by atoms with Crippen LogP contribution in [0, 0.1) is 6.92 Å². The Hall–Kier alpha value is -3.08. The van der Waals surface area contributed by atoms with Gasteiger partial charge < -0.3 is 9.47 Å². The van der Waals surface area contributed by atoms with E-state index in [9.17, 15) is 4.79 Å². The highest BCUT2D eigenvalue weighted by Gasteiger charge is 2.23. The van der Waals surface area contributed by atoms with E-state index >= 15 is 0 Å². The molecule has 0 saturated heterocycles. The molecule has 0 amide bonds. The van der Waals surface area contributed by atoms with E-state index in [0.717, 1.165) is 11.3 Å². The molecule has 4 rings (SSSR count). The van der Waals surface area contributed by atoms with E-state index in [4.69, 9.17) is 9.47 Å². The van der Waals surface area contributed by atoms with E-state index in [0.29, 0.717) is 19.2 Å². The number of nitrogens with zero attached hydrogens (tertiary/aromatic N) is 2. The monoisotopic (exact) mass is 334 g/mol. The molecule has 0 bridgehead atoms. The van der Waals surface area contributed by atoms with Crippen LogP contribution < -0.4 is 15.0 Å². The highest BCUT2D eigenvalue weighted by molar-refractivity contribution is 5.68. The minimum absolute atomic E-state index is 0.156. The predicted molar refractivity (Wildman–Crippen MR) is 95.0 cm³/mol. The fourth-order valence-electron chi connectivity index (χ4n) is 2.98. The number of benzene rings is 2. The number of aryl methyl sites for hydroxylation is 1. The lowest BCUT2D eigenvalue weighted by atomic mass is 10.0. The first-order chi connectivity index (χ1) is 12.2.